The third-order valence-corrected chi connectivity index (χ3v) is 4.34. The first-order chi connectivity index (χ1) is 12.7. The van der Waals surface area contributed by atoms with E-state index in [1.165, 1.54) is 12.7 Å². The first-order valence-corrected chi connectivity index (χ1v) is 8.31. The number of aryl methyl sites for hydroxylation is 1. The van der Waals surface area contributed by atoms with Crippen molar-refractivity contribution in [1.29, 1.82) is 0 Å². The molecule has 3 aromatic rings. The Balaban J connectivity index is 1.83. The van der Waals surface area contributed by atoms with Crippen LogP contribution >= 0.6 is 0 Å². The van der Waals surface area contributed by atoms with E-state index in [2.05, 4.69) is 45.7 Å². The fourth-order valence-corrected chi connectivity index (χ4v) is 2.96. The highest BCUT2D eigenvalue weighted by molar-refractivity contribution is 5.86. The standard InChI is InChI=1S/C20H18N4O2/c1-13-8-10-15(11-9-13)17-12-16(14-6-4-3-5-7-14)21-20-22-18(19(25)26-2)23-24(17)20/h3-12,17H,1-2H3,(H,21,22,23)/t17-/m1/s1. The zero-order chi connectivity index (χ0) is 18.1. The van der Waals surface area contributed by atoms with E-state index in [9.17, 15) is 4.79 Å². The molecule has 0 radical (unpaired) electrons. The molecule has 0 saturated carbocycles. The normalized spacial score (nSPS) is 15.6. The number of methoxy groups -OCH3 is 1. The van der Waals surface area contributed by atoms with Gasteiger partial charge in [0.1, 0.15) is 6.04 Å². The Kier molecular flexibility index (Phi) is 4.01. The minimum Gasteiger partial charge on any atom is -0.463 e. The van der Waals surface area contributed by atoms with Crippen molar-refractivity contribution in [2.45, 2.75) is 13.0 Å². The Morgan fingerprint density at radius 3 is 2.54 bits per heavy atom. The third-order valence-electron chi connectivity index (χ3n) is 4.34. The van der Waals surface area contributed by atoms with Gasteiger partial charge in [-0.1, -0.05) is 60.2 Å². The Morgan fingerprint density at radius 2 is 1.85 bits per heavy atom. The lowest BCUT2D eigenvalue weighted by Crippen LogP contribution is -2.20. The Morgan fingerprint density at radius 1 is 1.12 bits per heavy atom. The van der Waals surface area contributed by atoms with Crippen LogP contribution in [0.1, 0.15) is 33.4 Å². The predicted octanol–water partition coefficient (Wildman–Crippen LogP) is 3.43. The van der Waals surface area contributed by atoms with Crippen LogP contribution < -0.4 is 5.32 Å². The maximum atomic E-state index is 11.9. The van der Waals surface area contributed by atoms with Crippen LogP contribution in [0, 0.1) is 6.92 Å². The van der Waals surface area contributed by atoms with Crippen molar-refractivity contribution in [2.75, 3.05) is 12.4 Å². The van der Waals surface area contributed by atoms with Crippen LogP contribution in [0.5, 0.6) is 0 Å². The number of benzene rings is 2. The molecule has 1 atom stereocenters. The number of allylic oxidation sites excluding steroid dienone is 1. The summed E-state index contributed by atoms with van der Waals surface area (Å²) in [6.07, 6.45) is 2.09. The van der Waals surface area contributed by atoms with Crippen molar-refractivity contribution >= 4 is 17.6 Å². The Hall–Kier alpha value is -3.41. The molecule has 0 spiro atoms. The minimum atomic E-state index is -0.558. The zero-order valence-corrected chi connectivity index (χ0v) is 14.5. The highest BCUT2D eigenvalue weighted by atomic mass is 16.5. The number of carbonyl (C=O) groups is 1. The van der Waals surface area contributed by atoms with Gasteiger partial charge in [-0.2, -0.15) is 4.98 Å². The predicted molar refractivity (Wildman–Crippen MR) is 98.7 cm³/mol. The molecule has 26 heavy (non-hydrogen) atoms. The fourth-order valence-electron chi connectivity index (χ4n) is 2.96. The van der Waals surface area contributed by atoms with Crippen molar-refractivity contribution in [2.24, 2.45) is 0 Å². The first kappa shape index (κ1) is 16.1. The molecule has 4 rings (SSSR count). The molecule has 6 nitrogen and oxygen atoms in total. The van der Waals surface area contributed by atoms with E-state index in [0.29, 0.717) is 5.95 Å². The van der Waals surface area contributed by atoms with Crippen LogP contribution in [0.3, 0.4) is 0 Å². The van der Waals surface area contributed by atoms with Gasteiger partial charge in [-0.05, 0) is 24.1 Å². The van der Waals surface area contributed by atoms with Crippen molar-refractivity contribution in [3.63, 3.8) is 0 Å². The van der Waals surface area contributed by atoms with Crippen molar-refractivity contribution in [3.8, 4) is 0 Å². The van der Waals surface area contributed by atoms with Crippen LogP contribution in [0.2, 0.25) is 0 Å². The van der Waals surface area contributed by atoms with Gasteiger partial charge >= 0.3 is 5.97 Å². The average molecular weight is 346 g/mol. The largest absolute Gasteiger partial charge is 0.463 e. The molecule has 0 aliphatic carbocycles. The van der Waals surface area contributed by atoms with E-state index in [1.54, 1.807) is 4.68 Å². The van der Waals surface area contributed by atoms with Crippen LogP contribution in [-0.2, 0) is 4.74 Å². The van der Waals surface area contributed by atoms with Crippen LogP contribution in [0.15, 0.2) is 60.7 Å². The number of rotatable bonds is 3. The molecule has 2 heterocycles. The second-order valence-corrected chi connectivity index (χ2v) is 6.12. The SMILES string of the molecule is COC(=O)c1nc2n(n1)[C@@H](c1ccc(C)cc1)C=C(c1ccccc1)N2. The van der Waals surface area contributed by atoms with Gasteiger partial charge in [-0.15, -0.1) is 5.10 Å². The molecule has 0 amide bonds. The number of carbonyl (C=O) groups excluding carboxylic acids is 1. The molecule has 1 aliphatic heterocycles. The van der Waals surface area contributed by atoms with Crippen LogP contribution in [-0.4, -0.2) is 27.8 Å². The summed E-state index contributed by atoms with van der Waals surface area (Å²) in [7, 11) is 1.32. The topological polar surface area (TPSA) is 69.0 Å². The van der Waals surface area contributed by atoms with E-state index < -0.39 is 5.97 Å². The van der Waals surface area contributed by atoms with Gasteiger partial charge in [0, 0.05) is 5.70 Å². The van der Waals surface area contributed by atoms with Crippen LogP contribution in [0.4, 0.5) is 5.95 Å². The van der Waals surface area contributed by atoms with E-state index in [4.69, 9.17) is 4.74 Å². The lowest BCUT2D eigenvalue weighted by molar-refractivity contribution is 0.0586. The maximum absolute atomic E-state index is 11.9. The summed E-state index contributed by atoms with van der Waals surface area (Å²) < 4.78 is 6.47. The maximum Gasteiger partial charge on any atom is 0.378 e. The second-order valence-electron chi connectivity index (χ2n) is 6.12. The minimum absolute atomic E-state index is 0.0369. The molecular weight excluding hydrogens is 328 g/mol. The van der Waals surface area contributed by atoms with Crippen LogP contribution in [0.25, 0.3) is 5.70 Å². The van der Waals surface area contributed by atoms with E-state index in [-0.39, 0.29) is 11.9 Å². The summed E-state index contributed by atoms with van der Waals surface area (Å²) >= 11 is 0. The van der Waals surface area contributed by atoms with Gasteiger partial charge in [-0.3, -0.25) is 0 Å². The lowest BCUT2D eigenvalue weighted by atomic mass is 10.0. The monoisotopic (exact) mass is 346 g/mol. The number of nitrogens with zero attached hydrogens (tertiary/aromatic N) is 3. The first-order valence-electron chi connectivity index (χ1n) is 8.31. The molecule has 2 aromatic carbocycles. The summed E-state index contributed by atoms with van der Waals surface area (Å²) in [5.41, 5.74) is 4.21. The van der Waals surface area contributed by atoms with E-state index in [1.807, 2.05) is 37.3 Å². The molecule has 6 heteroatoms. The Labute approximate surface area is 151 Å². The summed E-state index contributed by atoms with van der Waals surface area (Å²) in [6.45, 7) is 2.05. The molecule has 0 unspecified atom stereocenters. The summed E-state index contributed by atoms with van der Waals surface area (Å²) in [5.74, 6) is -0.00947. The Bertz CT molecular complexity index is 975. The van der Waals surface area contributed by atoms with Gasteiger partial charge in [0.05, 0.1) is 7.11 Å². The van der Waals surface area contributed by atoms with E-state index in [0.717, 1.165) is 16.8 Å². The fraction of sp³-hybridized carbons (Fsp3) is 0.150. The molecule has 0 fully saturated rings. The van der Waals surface area contributed by atoms with Crippen molar-refractivity contribution in [3.05, 3.63) is 83.2 Å². The molecular formula is C20H18N4O2. The molecule has 130 valence electrons. The number of fused-ring (bicyclic) bond motifs is 1. The highest BCUT2D eigenvalue weighted by Crippen LogP contribution is 2.32. The summed E-state index contributed by atoms with van der Waals surface area (Å²) in [4.78, 5) is 16.2. The number of ether oxygens (including phenoxy) is 1. The number of hydrogen-bond acceptors (Lipinski definition) is 5. The molecule has 1 N–H and O–H groups in total. The van der Waals surface area contributed by atoms with Crippen molar-refractivity contribution < 1.29 is 9.53 Å². The summed E-state index contributed by atoms with van der Waals surface area (Å²) in [6, 6.07) is 18.1. The number of esters is 1. The summed E-state index contributed by atoms with van der Waals surface area (Å²) in [5, 5.41) is 7.62. The molecule has 0 bridgehead atoms. The zero-order valence-electron chi connectivity index (χ0n) is 14.5. The smallest absolute Gasteiger partial charge is 0.378 e. The van der Waals surface area contributed by atoms with Gasteiger partial charge < -0.3 is 10.1 Å². The van der Waals surface area contributed by atoms with Gasteiger partial charge in [0.25, 0.3) is 5.82 Å². The van der Waals surface area contributed by atoms with E-state index >= 15 is 0 Å². The number of hydrogen-bond donors (Lipinski definition) is 1. The average Bonchev–Trinajstić information content (AvgIpc) is 3.12. The quantitative estimate of drug-likeness (QED) is 0.736. The van der Waals surface area contributed by atoms with Gasteiger partial charge in [0.15, 0.2) is 0 Å². The molecule has 1 aliphatic rings. The van der Waals surface area contributed by atoms with Gasteiger partial charge in [0.2, 0.25) is 5.95 Å². The third kappa shape index (κ3) is 2.86. The second kappa shape index (κ2) is 6.48. The lowest BCUT2D eigenvalue weighted by Gasteiger charge is -2.24. The molecule has 1 aromatic heterocycles. The molecule has 0 saturated heterocycles. The highest BCUT2D eigenvalue weighted by Gasteiger charge is 2.27. The number of aromatic nitrogens is 3. The van der Waals surface area contributed by atoms with Crippen molar-refractivity contribution in [1.82, 2.24) is 14.8 Å². The van der Waals surface area contributed by atoms with Gasteiger partial charge in [-0.25, -0.2) is 9.48 Å². The number of anilines is 1. The number of nitrogens with one attached hydrogen (secondary N) is 1.